The van der Waals surface area contributed by atoms with Crippen LogP contribution in [-0.4, -0.2) is 35.4 Å². The normalized spacial score (nSPS) is 12.4. The van der Waals surface area contributed by atoms with E-state index in [1.807, 2.05) is 67.1 Å². The molecule has 0 fully saturated rings. The van der Waals surface area contributed by atoms with Crippen molar-refractivity contribution < 1.29 is 5.11 Å². The third-order valence-corrected chi connectivity index (χ3v) is 3.37. The van der Waals surface area contributed by atoms with Crippen LogP contribution in [0.2, 0.25) is 0 Å². The highest BCUT2D eigenvalue weighted by molar-refractivity contribution is 5.31. The zero-order valence-corrected chi connectivity index (χ0v) is 12.2. The fourth-order valence-electron chi connectivity index (χ4n) is 2.21. The van der Waals surface area contributed by atoms with Gasteiger partial charge in [-0.3, -0.25) is 0 Å². The van der Waals surface area contributed by atoms with Crippen molar-refractivity contribution in [3.8, 4) is 0 Å². The van der Waals surface area contributed by atoms with Crippen LogP contribution in [0, 0.1) is 0 Å². The van der Waals surface area contributed by atoms with Gasteiger partial charge in [-0.25, -0.2) is 4.98 Å². The molecule has 1 heterocycles. The fourth-order valence-corrected chi connectivity index (χ4v) is 2.21. The molecule has 2 aromatic rings. The highest BCUT2D eigenvalue weighted by Gasteiger charge is 2.12. The number of hydrogen-bond acceptors (Lipinski definition) is 4. The van der Waals surface area contributed by atoms with Crippen molar-refractivity contribution >= 4 is 5.95 Å². The Morgan fingerprint density at radius 1 is 1.30 bits per heavy atom. The lowest BCUT2D eigenvalue weighted by atomic mass is 10.1. The van der Waals surface area contributed by atoms with Crippen LogP contribution in [0.1, 0.15) is 17.3 Å². The van der Waals surface area contributed by atoms with Crippen LogP contribution in [0.15, 0.2) is 36.5 Å². The average molecular weight is 274 g/mol. The first-order valence-corrected chi connectivity index (χ1v) is 6.70. The molecule has 0 aliphatic carbocycles. The number of benzene rings is 1. The van der Waals surface area contributed by atoms with Gasteiger partial charge in [0.25, 0.3) is 0 Å². The van der Waals surface area contributed by atoms with E-state index in [2.05, 4.69) is 10.3 Å². The molecule has 1 atom stereocenters. The van der Waals surface area contributed by atoms with Gasteiger partial charge >= 0.3 is 0 Å². The summed E-state index contributed by atoms with van der Waals surface area (Å²) in [6, 6.07) is 9.91. The minimum absolute atomic E-state index is 0.0612. The van der Waals surface area contributed by atoms with Gasteiger partial charge in [0.1, 0.15) is 0 Å². The third kappa shape index (κ3) is 3.18. The molecule has 0 saturated heterocycles. The smallest absolute Gasteiger partial charge is 0.204 e. The molecule has 5 nitrogen and oxygen atoms in total. The first kappa shape index (κ1) is 14.6. The number of hydrogen-bond donors (Lipinski definition) is 2. The largest absolute Gasteiger partial charge is 0.394 e. The molecule has 0 spiro atoms. The predicted molar refractivity (Wildman–Crippen MR) is 80.6 cm³/mol. The van der Waals surface area contributed by atoms with E-state index in [1.54, 1.807) is 0 Å². The molecule has 108 valence electrons. The van der Waals surface area contributed by atoms with Gasteiger partial charge < -0.3 is 19.9 Å². The van der Waals surface area contributed by atoms with Gasteiger partial charge in [-0.15, -0.1) is 0 Å². The Balaban J connectivity index is 2.04. The van der Waals surface area contributed by atoms with Gasteiger partial charge in [-0.05, 0) is 5.56 Å². The summed E-state index contributed by atoms with van der Waals surface area (Å²) in [5.41, 5.74) is 2.17. The van der Waals surface area contributed by atoms with E-state index in [1.165, 1.54) is 0 Å². The van der Waals surface area contributed by atoms with E-state index in [-0.39, 0.29) is 12.6 Å². The molecule has 0 aliphatic rings. The molecule has 1 aromatic heterocycles. The summed E-state index contributed by atoms with van der Waals surface area (Å²) < 4.78 is 2.05. The van der Waals surface area contributed by atoms with Crippen LogP contribution in [0.4, 0.5) is 5.95 Å². The number of rotatable bonds is 6. The van der Waals surface area contributed by atoms with E-state index >= 15 is 0 Å². The molecule has 1 unspecified atom stereocenters. The molecule has 2 N–H and O–H groups in total. The van der Waals surface area contributed by atoms with Gasteiger partial charge in [0, 0.05) is 27.7 Å². The summed E-state index contributed by atoms with van der Waals surface area (Å²) in [4.78, 5) is 6.35. The molecule has 0 amide bonds. The van der Waals surface area contributed by atoms with E-state index in [9.17, 15) is 5.11 Å². The van der Waals surface area contributed by atoms with Crippen molar-refractivity contribution in [3.63, 3.8) is 0 Å². The van der Waals surface area contributed by atoms with E-state index in [0.717, 1.165) is 17.2 Å². The maximum Gasteiger partial charge on any atom is 0.204 e. The predicted octanol–water partition coefficient (Wildman–Crippen LogP) is 1.31. The van der Waals surface area contributed by atoms with Crippen molar-refractivity contribution in [2.75, 3.05) is 25.6 Å². The number of aliphatic hydroxyl groups is 1. The van der Waals surface area contributed by atoms with E-state index in [4.69, 9.17) is 0 Å². The summed E-state index contributed by atoms with van der Waals surface area (Å²) in [6.07, 6.45) is 1.86. The number of aliphatic hydroxyl groups excluding tert-OH is 1. The molecule has 5 heteroatoms. The van der Waals surface area contributed by atoms with Gasteiger partial charge in [0.05, 0.1) is 24.5 Å². The first-order valence-electron chi connectivity index (χ1n) is 6.70. The van der Waals surface area contributed by atoms with E-state index in [0.29, 0.717) is 6.54 Å². The number of anilines is 1. The lowest BCUT2D eigenvalue weighted by Crippen LogP contribution is -2.25. The Labute approximate surface area is 119 Å². The molecule has 1 aromatic carbocycles. The van der Waals surface area contributed by atoms with Gasteiger partial charge in [0.15, 0.2) is 0 Å². The number of nitrogens with one attached hydrogen (secondary N) is 1. The van der Waals surface area contributed by atoms with Gasteiger partial charge in [-0.1, -0.05) is 30.3 Å². The van der Waals surface area contributed by atoms with Crippen molar-refractivity contribution in [2.24, 2.45) is 7.05 Å². The van der Waals surface area contributed by atoms with Crippen LogP contribution in [0.5, 0.6) is 0 Å². The Kier molecular flexibility index (Phi) is 4.76. The van der Waals surface area contributed by atoms with Gasteiger partial charge in [-0.2, -0.15) is 0 Å². The summed E-state index contributed by atoms with van der Waals surface area (Å²) in [5, 5.41) is 12.9. The van der Waals surface area contributed by atoms with Crippen LogP contribution in [0.3, 0.4) is 0 Å². The molecular formula is C15H22N4O. The Morgan fingerprint density at radius 2 is 2.00 bits per heavy atom. The monoisotopic (exact) mass is 274 g/mol. The second-order valence-electron chi connectivity index (χ2n) is 5.03. The average Bonchev–Trinajstić information content (AvgIpc) is 2.82. The van der Waals surface area contributed by atoms with Crippen molar-refractivity contribution in [2.45, 2.75) is 12.6 Å². The summed E-state index contributed by atoms with van der Waals surface area (Å²) in [6.45, 7) is 0.736. The molecule has 0 aliphatic heterocycles. The quantitative estimate of drug-likeness (QED) is 0.834. The highest BCUT2D eigenvalue weighted by Crippen LogP contribution is 2.14. The van der Waals surface area contributed by atoms with Crippen LogP contribution in [0.25, 0.3) is 0 Å². The minimum atomic E-state index is -0.0612. The van der Waals surface area contributed by atoms with Crippen LogP contribution < -0.4 is 10.2 Å². The number of imidazole rings is 1. The summed E-state index contributed by atoms with van der Waals surface area (Å²) in [5.74, 6) is 0.919. The van der Waals surface area contributed by atoms with E-state index < -0.39 is 0 Å². The summed E-state index contributed by atoms with van der Waals surface area (Å²) >= 11 is 0. The third-order valence-electron chi connectivity index (χ3n) is 3.37. The Bertz CT molecular complexity index is 536. The maximum atomic E-state index is 9.53. The highest BCUT2D eigenvalue weighted by atomic mass is 16.3. The molecule has 0 radical (unpaired) electrons. The lowest BCUT2D eigenvalue weighted by molar-refractivity contribution is 0.243. The number of aromatic nitrogens is 2. The van der Waals surface area contributed by atoms with Crippen LogP contribution >= 0.6 is 0 Å². The van der Waals surface area contributed by atoms with Crippen molar-refractivity contribution in [1.29, 1.82) is 0 Å². The molecular weight excluding hydrogens is 252 g/mol. The molecule has 0 saturated carbocycles. The second kappa shape index (κ2) is 6.54. The molecule has 2 rings (SSSR count). The Hall–Kier alpha value is -1.85. The summed E-state index contributed by atoms with van der Waals surface area (Å²) in [7, 11) is 5.94. The zero-order valence-electron chi connectivity index (χ0n) is 12.2. The zero-order chi connectivity index (χ0) is 14.5. The van der Waals surface area contributed by atoms with Crippen LogP contribution in [-0.2, 0) is 13.6 Å². The SMILES string of the molecule is CN(C)c1ncc(CNC(CO)c2ccccc2)n1C. The van der Waals surface area contributed by atoms with Crippen molar-refractivity contribution in [3.05, 3.63) is 47.8 Å². The number of nitrogens with zero attached hydrogens (tertiary/aromatic N) is 3. The van der Waals surface area contributed by atoms with Crippen molar-refractivity contribution in [1.82, 2.24) is 14.9 Å². The van der Waals surface area contributed by atoms with Gasteiger partial charge in [0.2, 0.25) is 5.95 Å². The molecule has 20 heavy (non-hydrogen) atoms. The Morgan fingerprint density at radius 3 is 2.55 bits per heavy atom. The second-order valence-corrected chi connectivity index (χ2v) is 5.03. The topological polar surface area (TPSA) is 53.3 Å². The minimum Gasteiger partial charge on any atom is -0.394 e. The lowest BCUT2D eigenvalue weighted by Gasteiger charge is -2.17. The first-order chi connectivity index (χ1) is 9.63. The maximum absolute atomic E-state index is 9.53. The molecule has 0 bridgehead atoms. The fraction of sp³-hybridized carbons (Fsp3) is 0.400. The standard InChI is InChI=1S/C15H22N4O/c1-18(2)15-17-10-13(19(15)3)9-16-14(11-20)12-7-5-4-6-8-12/h4-8,10,14,16,20H,9,11H2,1-3H3.